The van der Waals surface area contributed by atoms with Gasteiger partial charge in [0.2, 0.25) is 0 Å². The lowest BCUT2D eigenvalue weighted by Crippen LogP contribution is -2.15. The van der Waals surface area contributed by atoms with Gasteiger partial charge in [-0.15, -0.1) is 0 Å². The lowest BCUT2D eigenvalue weighted by Gasteiger charge is -2.13. The van der Waals surface area contributed by atoms with Gasteiger partial charge >= 0.3 is 57.6 Å². The third-order valence-electron chi connectivity index (χ3n) is 16.1. The van der Waals surface area contributed by atoms with E-state index in [1.165, 1.54) is 83.4 Å². The maximum absolute atomic E-state index is 13.1. The Labute approximate surface area is 610 Å². The first-order valence-electron chi connectivity index (χ1n) is 32.1. The van der Waals surface area contributed by atoms with Gasteiger partial charge in [-0.05, 0) is 72.8 Å². The standard InChI is InChI=1S/3C22H16F4N6O5/c3*23-21(24)36-11-2-3-16(37-22(25)26)12(8-11)17-14(10-32(30-17)15-4-7-35-20(15)34)29-19(33)13-9-28-31-6-1-5-27-18(13)31/h3*1-3,5-6,8-10,15,21-22H,4,7H2,(H,29,33)/t2*15-;/m10./s1. The average molecular weight is 1560 g/mol. The molecular formula is C66H48F12N18O15. The first kappa shape index (κ1) is 75.2. The molecule has 9 aromatic heterocycles. The Bertz CT molecular complexity index is 4940. The van der Waals surface area contributed by atoms with Gasteiger partial charge in [-0.2, -0.15) is 83.3 Å². The fraction of sp³-hybridized carbons (Fsp3) is 0.227. The van der Waals surface area contributed by atoms with Crippen molar-refractivity contribution in [2.45, 2.75) is 77.1 Å². The van der Waals surface area contributed by atoms with Gasteiger partial charge in [-0.25, -0.2) is 42.9 Å². The second-order valence-corrected chi connectivity index (χ2v) is 23.0. The summed E-state index contributed by atoms with van der Waals surface area (Å²) in [6.45, 7) is -18.9. The van der Waals surface area contributed by atoms with E-state index in [1.807, 2.05) is 0 Å². The van der Waals surface area contributed by atoms with Crippen LogP contribution < -0.4 is 44.4 Å². The fourth-order valence-electron chi connectivity index (χ4n) is 11.4. The van der Waals surface area contributed by atoms with Crippen LogP contribution in [0.25, 0.3) is 50.7 Å². The smallest absolute Gasteiger partial charge is 0.387 e. The number of rotatable bonds is 24. The number of carbonyl (C=O) groups excluding carboxylic acids is 6. The number of nitrogens with zero attached hydrogens (tertiary/aromatic N) is 15. The maximum Gasteiger partial charge on any atom is 0.387 e. The van der Waals surface area contributed by atoms with E-state index in [4.69, 9.17) is 14.2 Å². The van der Waals surface area contributed by atoms with Crippen molar-refractivity contribution in [3.8, 4) is 68.3 Å². The number of alkyl halides is 12. The van der Waals surface area contributed by atoms with E-state index in [0.717, 1.165) is 54.6 Å². The van der Waals surface area contributed by atoms with Crippen LogP contribution >= 0.6 is 0 Å². The third kappa shape index (κ3) is 17.0. The van der Waals surface area contributed by atoms with Crippen molar-refractivity contribution in [1.29, 1.82) is 0 Å². The van der Waals surface area contributed by atoms with E-state index in [-0.39, 0.29) is 141 Å². The molecule has 12 heterocycles. The van der Waals surface area contributed by atoms with Gasteiger partial charge in [-0.3, -0.25) is 28.4 Å². The molecule has 3 aliphatic heterocycles. The predicted molar refractivity (Wildman–Crippen MR) is 349 cm³/mol. The molecule has 111 heavy (non-hydrogen) atoms. The van der Waals surface area contributed by atoms with Crippen molar-refractivity contribution < 1.29 is 124 Å². The van der Waals surface area contributed by atoms with Crippen molar-refractivity contribution in [2.75, 3.05) is 35.8 Å². The molecular weight excluding hydrogens is 1510 g/mol. The second-order valence-electron chi connectivity index (χ2n) is 23.0. The molecule has 0 aliphatic carbocycles. The van der Waals surface area contributed by atoms with Crippen LogP contribution in [0.15, 0.2) is 147 Å². The lowest BCUT2D eigenvalue weighted by atomic mass is 10.1. The molecule has 15 rings (SSSR count). The first-order valence-corrected chi connectivity index (χ1v) is 32.1. The van der Waals surface area contributed by atoms with Gasteiger partial charge in [0, 0.05) is 56.4 Å². The number of amides is 3. The number of carbonyl (C=O) groups is 6. The van der Waals surface area contributed by atoms with Gasteiger partial charge in [-0.1, -0.05) is 0 Å². The summed E-state index contributed by atoms with van der Waals surface area (Å²) in [7, 11) is 0. The molecule has 33 nitrogen and oxygen atoms in total. The van der Waals surface area contributed by atoms with Crippen LogP contribution in [0, 0.1) is 0 Å². The van der Waals surface area contributed by atoms with Crippen LogP contribution in [0.4, 0.5) is 69.7 Å². The normalized spacial score (nSPS) is 15.4. The number of hydrogen-bond acceptors (Lipinski definition) is 24. The highest BCUT2D eigenvalue weighted by Crippen LogP contribution is 2.43. The Balaban J connectivity index is 0.000000146. The minimum absolute atomic E-state index is 0.0340. The summed E-state index contributed by atoms with van der Waals surface area (Å²) >= 11 is 0. The van der Waals surface area contributed by atoms with Gasteiger partial charge in [0.15, 0.2) is 35.1 Å². The van der Waals surface area contributed by atoms with Gasteiger partial charge in [0.25, 0.3) is 17.7 Å². The Hall–Kier alpha value is -14.1. The summed E-state index contributed by atoms with van der Waals surface area (Å²) in [6.07, 6.45) is 17.7. The van der Waals surface area contributed by atoms with Crippen LogP contribution in [0.2, 0.25) is 0 Å². The van der Waals surface area contributed by atoms with Crippen LogP contribution in [0.5, 0.6) is 34.5 Å². The summed E-state index contributed by atoms with van der Waals surface area (Å²) in [4.78, 5) is 88.2. The molecule has 576 valence electrons. The van der Waals surface area contributed by atoms with Crippen molar-refractivity contribution in [2.24, 2.45) is 0 Å². The first-order chi connectivity index (χ1) is 53.4. The van der Waals surface area contributed by atoms with E-state index in [9.17, 15) is 81.5 Å². The number of halogens is 12. The largest absolute Gasteiger partial charge is 0.464 e. The van der Waals surface area contributed by atoms with Crippen molar-refractivity contribution in [3.05, 3.63) is 164 Å². The highest BCUT2D eigenvalue weighted by atomic mass is 19.3. The quantitative estimate of drug-likeness (QED) is 0.0287. The maximum atomic E-state index is 13.1. The Morgan fingerprint density at radius 2 is 0.667 bits per heavy atom. The topological polar surface area (TPSA) is 366 Å². The minimum atomic E-state index is -3.25. The fourth-order valence-corrected chi connectivity index (χ4v) is 11.4. The van der Waals surface area contributed by atoms with Crippen LogP contribution in [-0.4, -0.2) is 168 Å². The molecule has 3 aliphatic rings. The molecule has 3 amide bonds. The van der Waals surface area contributed by atoms with E-state index in [0.29, 0.717) is 0 Å². The molecule has 3 fully saturated rings. The molecule has 0 bridgehead atoms. The number of aromatic nitrogens is 15. The highest BCUT2D eigenvalue weighted by molar-refractivity contribution is 6.11. The molecule has 12 aromatic rings. The molecule has 3 aromatic carbocycles. The molecule has 3 atom stereocenters. The zero-order chi connectivity index (χ0) is 78.3. The van der Waals surface area contributed by atoms with Gasteiger partial charge < -0.3 is 58.6 Å². The summed E-state index contributed by atoms with van der Waals surface area (Å²) in [5.74, 6) is -6.19. The van der Waals surface area contributed by atoms with Gasteiger partial charge in [0.1, 0.15) is 68.3 Å². The van der Waals surface area contributed by atoms with Crippen molar-refractivity contribution >= 4 is 69.6 Å². The van der Waals surface area contributed by atoms with Crippen LogP contribution in [0.3, 0.4) is 0 Å². The number of nitrogens with one attached hydrogen (secondary N) is 3. The third-order valence-corrected chi connectivity index (χ3v) is 16.1. The number of cyclic esters (lactones) is 3. The second kappa shape index (κ2) is 32.6. The van der Waals surface area contributed by atoms with Crippen molar-refractivity contribution in [3.63, 3.8) is 0 Å². The lowest BCUT2D eigenvalue weighted by molar-refractivity contribution is -0.141. The predicted octanol–water partition coefficient (Wildman–Crippen LogP) is 10.6. The summed E-state index contributed by atoms with van der Waals surface area (Å²) in [5.41, 5.74) is -0.170. The highest BCUT2D eigenvalue weighted by Gasteiger charge is 2.36. The SMILES string of the molecule is O=C(Nc1cn(C2CCOC2=O)nc1-c1cc(OC(F)F)ccc1OC(F)F)c1cnn2cccnc12.O=C(Nc1cn([C@@H]2CCOC2=O)nc1-c1cc(OC(F)F)ccc1OC(F)F)c1cnn2cccnc12.O=C(Nc1cn([C@H]2CCOC2=O)nc1-c1cc(OC(F)F)ccc1OC(F)F)c1cnn2cccnc12. The van der Waals surface area contributed by atoms with Crippen molar-refractivity contribution in [1.82, 2.24) is 73.1 Å². The van der Waals surface area contributed by atoms with E-state index >= 15 is 0 Å². The van der Waals surface area contributed by atoms with E-state index in [2.05, 4.69) is 89.9 Å². The molecule has 3 N–H and O–H groups in total. The zero-order valence-corrected chi connectivity index (χ0v) is 55.7. The van der Waals surface area contributed by atoms with E-state index in [1.54, 1.807) is 36.8 Å². The number of esters is 3. The molecule has 3 saturated heterocycles. The molecule has 0 saturated carbocycles. The molecule has 45 heteroatoms. The number of hydrogen-bond donors (Lipinski definition) is 3. The average Bonchev–Trinajstić information content (AvgIpc) is 1.63. The van der Waals surface area contributed by atoms with Gasteiger partial charge in [0.05, 0.1) is 90.8 Å². The number of fused-ring (bicyclic) bond motifs is 3. The summed E-state index contributed by atoms with van der Waals surface area (Å²) < 4.78 is 205. The number of benzene rings is 3. The van der Waals surface area contributed by atoms with Crippen LogP contribution in [0.1, 0.15) is 68.5 Å². The Kier molecular flexibility index (Phi) is 22.1. The Morgan fingerprint density at radius 3 is 0.910 bits per heavy atom. The molecule has 0 spiro atoms. The molecule has 1 unspecified atom stereocenters. The summed E-state index contributed by atoms with van der Waals surface area (Å²) in [6, 6.07) is 11.4. The zero-order valence-electron chi connectivity index (χ0n) is 55.7. The molecule has 0 radical (unpaired) electrons. The number of ether oxygens (including phenoxy) is 9. The van der Waals surface area contributed by atoms with Crippen LogP contribution in [-0.2, 0) is 28.6 Å². The number of anilines is 3. The minimum Gasteiger partial charge on any atom is -0.464 e. The monoisotopic (exact) mass is 1560 g/mol. The van der Waals surface area contributed by atoms with E-state index < -0.39 is 111 Å². The Morgan fingerprint density at radius 1 is 0.396 bits per heavy atom. The summed E-state index contributed by atoms with van der Waals surface area (Å²) in [5, 5.41) is 32.8.